The maximum absolute atomic E-state index is 12.7. The van der Waals surface area contributed by atoms with Crippen molar-refractivity contribution in [1.82, 2.24) is 30.0 Å². The van der Waals surface area contributed by atoms with Crippen LogP contribution in [0.5, 0.6) is 5.75 Å². The van der Waals surface area contributed by atoms with Gasteiger partial charge in [-0.1, -0.05) is 17.7 Å². The summed E-state index contributed by atoms with van der Waals surface area (Å²) in [6.45, 7) is 8.20. The second kappa shape index (κ2) is 9.04. The largest absolute Gasteiger partial charge is 0.494 e. The highest BCUT2D eigenvalue weighted by atomic mass is 16.5. The molecule has 0 N–H and O–H groups in total. The zero-order valence-corrected chi connectivity index (χ0v) is 17.4. The third-order valence-corrected chi connectivity index (χ3v) is 5.25. The van der Waals surface area contributed by atoms with E-state index in [4.69, 9.17) is 4.74 Å². The number of amides is 1. The van der Waals surface area contributed by atoms with Crippen LogP contribution in [0.3, 0.4) is 0 Å². The minimum atomic E-state index is 0.0915. The molecular formula is C22H26N6O2. The molecule has 1 fully saturated rings. The summed E-state index contributed by atoms with van der Waals surface area (Å²) in [5.41, 5.74) is 2.79. The van der Waals surface area contributed by atoms with Gasteiger partial charge >= 0.3 is 0 Å². The molecule has 0 aliphatic carbocycles. The summed E-state index contributed by atoms with van der Waals surface area (Å²) in [6.07, 6.45) is 0. The number of piperazine rings is 1. The predicted octanol–water partition coefficient (Wildman–Crippen LogP) is 2.33. The van der Waals surface area contributed by atoms with E-state index in [1.165, 1.54) is 0 Å². The van der Waals surface area contributed by atoms with Crippen molar-refractivity contribution < 1.29 is 9.53 Å². The van der Waals surface area contributed by atoms with E-state index in [-0.39, 0.29) is 5.91 Å². The summed E-state index contributed by atoms with van der Waals surface area (Å²) in [5.74, 6) is 1.69. The molecule has 1 aromatic heterocycles. The molecule has 1 aliphatic heterocycles. The molecule has 0 spiro atoms. The van der Waals surface area contributed by atoms with Crippen molar-refractivity contribution in [3.63, 3.8) is 0 Å². The number of benzene rings is 2. The lowest BCUT2D eigenvalue weighted by molar-refractivity contribution is 0.0624. The molecule has 0 unspecified atom stereocenters. The highest BCUT2D eigenvalue weighted by Gasteiger charge is 2.23. The van der Waals surface area contributed by atoms with Crippen LogP contribution in [0.2, 0.25) is 0 Å². The summed E-state index contributed by atoms with van der Waals surface area (Å²) in [4.78, 5) is 16.9. The van der Waals surface area contributed by atoms with Crippen molar-refractivity contribution in [3.05, 3.63) is 65.5 Å². The van der Waals surface area contributed by atoms with Gasteiger partial charge < -0.3 is 9.64 Å². The van der Waals surface area contributed by atoms with Crippen molar-refractivity contribution in [1.29, 1.82) is 0 Å². The van der Waals surface area contributed by atoms with E-state index in [2.05, 4.69) is 20.4 Å². The van der Waals surface area contributed by atoms with Gasteiger partial charge in [-0.15, -0.1) is 5.10 Å². The molecule has 0 atom stereocenters. The van der Waals surface area contributed by atoms with Crippen LogP contribution in [-0.2, 0) is 6.54 Å². The molecule has 156 valence electrons. The van der Waals surface area contributed by atoms with Gasteiger partial charge in [-0.25, -0.2) is 0 Å². The molecule has 1 amide bonds. The number of hydrogen-bond acceptors (Lipinski definition) is 6. The van der Waals surface area contributed by atoms with Gasteiger partial charge in [0.15, 0.2) is 5.82 Å². The van der Waals surface area contributed by atoms with Crippen molar-refractivity contribution in [2.24, 2.45) is 0 Å². The molecule has 0 saturated carbocycles. The van der Waals surface area contributed by atoms with E-state index in [0.717, 1.165) is 41.5 Å². The Bertz CT molecular complexity index is 976. The van der Waals surface area contributed by atoms with Gasteiger partial charge in [-0.3, -0.25) is 9.69 Å². The van der Waals surface area contributed by atoms with E-state index in [9.17, 15) is 4.79 Å². The van der Waals surface area contributed by atoms with Gasteiger partial charge in [-0.2, -0.15) is 4.68 Å². The number of nitrogens with zero attached hydrogens (tertiary/aromatic N) is 6. The van der Waals surface area contributed by atoms with Crippen LogP contribution in [0, 0.1) is 6.92 Å². The van der Waals surface area contributed by atoms with Gasteiger partial charge in [0.1, 0.15) is 5.75 Å². The number of aromatic nitrogens is 4. The summed E-state index contributed by atoms with van der Waals surface area (Å²) in [6, 6.07) is 15.5. The SMILES string of the molecule is CCOc1ccc(-n2nnnc2CN2CCN(C(=O)c3ccc(C)cc3)CC2)cc1. The first kappa shape index (κ1) is 20.0. The number of rotatable bonds is 6. The summed E-state index contributed by atoms with van der Waals surface area (Å²) in [5, 5.41) is 12.2. The molecule has 4 rings (SSSR count). The van der Waals surface area contributed by atoms with Gasteiger partial charge in [0.05, 0.1) is 18.8 Å². The first-order chi connectivity index (χ1) is 14.6. The van der Waals surface area contributed by atoms with Crippen LogP contribution < -0.4 is 4.74 Å². The lowest BCUT2D eigenvalue weighted by Crippen LogP contribution is -2.48. The van der Waals surface area contributed by atoms with E-state index in [1.807, 2.05) is 67.3 Å². The van der Waals surface area contributed by atoms with Crippen LogP contribution in [-0.4, -0.2) is 68.7 Å². The molecule has 0 radical (unpaired) electrons. The number of aryl methyl sites for hydroxylation is 1. The topological polar surface area (TPSA) is 76.4 Å². The van der Waals surface area contributed by atoms with Crippen molar-refractivity contribution in [2.75, 3.05) is 32.8 Å². The Morgan fingerprint density at radius 1 is 1.00 bits per heavy atom. The molecular weight excluding hydrogens is 380 g/mol. The molecule has 3 aromatic rings. The zero-order valence-electron chi connectivity index (χ0n) is 17.4. The van der Waals surface area contributed by atoms with Gasteiger partial charge in [0.25, 0.3) is 5.91 Å². The van der Waals surface area contributed by atoms with E-state index < -0.39 is 0 Å². The lowest BCUT2D eigenvalue weighted by Gasteiger charge is -2.34. The number of ether oxygens (including phenoxy) is 1. The first-order valence-corrected chi connectivity index (χ1v) is 10.2. The molecule has 0 bridgehead atoms. The Morgan fingerprint density at radius 2 is 1.70 bits per heavy atom. The molecule has 30 heavy (non-hydrogen) atoms. The second-order valence-electron chi connectivity index (χ2n) is 7.37. The molecule has 2 heterocycles. The maximum Gasteiger partial charge on any atom is 0.253 e. The number of carbonyl (C=O) groups is 1. The Labute approximate surface area is 176 Å². The molecule has 8 nitrogen and oxygen atoms in total. The third-order valence-electron chi connectivity index (χ3n) is 5.25. The first-order valence-electron chi connectivity index (χ1n) is 10.2. The van der Waals surface area contributed by atoms with Crippen LogP contribution in [0.25, 0.3) is 5.69 Å². The highest BCUT2D eigenvalue weighted by molar-refractivity contribution is 5.94. The normalized spacial score (nSPS) is 14.7. The van der Waals surface area contributed by atoms with Gasteiger partial charge in [-0.05, 0) is 60.7 Å². The monoisotopic (exact) mass is 406 g/mol. The lowest BCUT2D eigenvalue weighted by atomic mass is 10.1. The predicted molar refractivity (Wildman–Crippen MR) is 113 cm³/mol. The summed E-state index contributed by atoms with van der Waals surface area (Å²) in [7, 11) is 0. The maximum atomic E-state index is 12.7. The minimum Gasteiger partial charge on any atom is -0.494 e. The van der Waals surface area contributed by atoms with Crippen molar-refractivity contribution in [2.45, 2.75) is 20.4 Å². The number of hydrogen-bond donors (Lipinski definition) is 0. The fourth-order valence-electron chi connectivity index (χ4n) is 3.54. The zero-order chi connectivity index (χ0) is 20.9. The average Bonchev–Trinajstić information content (AvgIpc) is 3.23. The van der Waals surface area contributed by atoms with E-state index in [0.29, 0.717) is 26.2 Å². The third kappa shape index (κ3) is 4.49. The average molecular weight is 406 g/mol. The Kier molecular flexibility index (Phi) is 6.04. The Hall–Kier alpha value is -3.26. The fourth-order valence-corrected chi connectivity index (χ4v) is 3.54. The van der Waals surface area contributed by atoms with Crippen LogP contribution in [0.1, 0.15) is 28.7 Å². The summed E-state index contributed by atoms with van der Waals surface area (Å²) >= 11 is 0. The standard InChI is InChI=1S/C22H26N6O2/c1-3-30-20-10-8-19(9-11-20)28-21(23-24-25-28)16-26-12-14-27(15-13-26)22(29)18-6-4-17(2)5-7-18/h4-11H,3,12-16H2,1-2H3. The van der Waals surface area contributed by atoms with Crippen molar-refractivity contribution in [3.8, 4) is 11.4 Å². The molecule has 1 saturated heterocycles. The highest BCUT2D eigenvalue weighted by Crippen LogP contribution is 2.17. The van der Waals surface area contributed by atoms with Crippen LogP contribution >= 0.6 is 0 Å². The van der Waals surface area contributed by atoms with Crippen LogP contribution in [0.15, 0.2) is 48.5 Å². The number of carbonyl (C=O) groups excluding carboxylic acids is 1. The quantitative estimate of drug-likeness (QED) is 0.625. The fraction of sp³-hybridized carbons (Fsp3) is 0.364. The molecule has 1 aliphatic rings. The second-order valence-corrected chi connectivity index (χ2v) is 7.37. The van der Waals surface area contributed by atoms with Gasteiger partial charge in [0.2, 0.25) is 0 Å². The number of tetrazole rings is 1. The van der Waals surface area contributed by atoms with E-state index in [1.54, 1.807) is 4.68 Å². The molecule has 8 heteroatoms. The minimum absolute atomic E-state index is 0.0915. The van der Waals surface area contributed by atoms with E-state index >= 15 is 0 Å². The smallest absolute Gasteiger partial charge is 0.253 e. The molecule has 2 aromatic carbocycles. The van der Waals surface area contributed by atoms with Crippen LogP contribution in [0.4, 0.5) is 0 Å². The van der Waals surface area contributed by atoms with Crippen molar-refractivity contribution >= 4 is 5.91 Å². The Morgan fingerprint density at radius 3 is 2.37 bits per heavy atom. The Balaban J connectivity index is 1.36. The van der Waals surface area contributed by atoms with Gasteiger partial charge in [0, 0.05) is 31.7 Å². The summed E-state index contributed by atoms with van der Waals surface area (Å²) < 4.78 is 7.25.